The highest BCUT2D eigenvalue weighted by Crippen LogP contribution is 2.07. The average Bonchev–Trinajstić information content (AvgIpc) is 2.28. The number of hydrogen-bond donors (Lipinski definition) is 3. The van der Waals surface area contributed by atoms with Gasteiger partial charge < -0.3 is 10.4 Å². The molecule has 0 aliphatic heterocycles. The minimum absolute atomic E-state index is 0.0782. The largest absolute Gasteiger partial charge is 0.480 e. The number of carboxylic acids is 1. The van der Waals surface area contributed by atoms with Crippen LogP contribution in [0.25, 0.3) is 0 Å². The molecule has 1 rings (SSSR count). The average molecular weight is 253 g/mol. The topological polar surface area (TPSA) is 66.4 Å². The van der Waals surface area contributed by atoms with Crippen molar-refractivity contribution in [1.82, 2.24) is 5.32 Å². The summed E-state index contributed by atoms with van der Waals surface area (Å²) in [6.07, 6.45) is 0.185. The number of carbonyl (C=O) groups excluding carboxylic acids is 1. The van der Waals surface area contributed by atoms with Gasteiger partial charge in [0.2, 0.25) is 5.91 Å². The highest BCUT2D eigenvalue weighted by molar-refractivity contribution is 7.80. The first-order valence-corrected chi connectivity index (χ1v) is 5.85. The molecule has 5 heteroatoms. The Hall–Kier alpha value is -1.49. The summed E-state index contributed by atoms with van der Waals surface area (Å²) < 4.78 is 0. The molecule has 0 saturated heterocycles. The molecule has 4 nitrogen and oxygen atoms in total. The number of carbonyl (C=O) groups is 2. The van der Waals surface area contributed by atoms with Gasteiger partial charge in [0.25, 0.3) is 0 Å². The molecule has 17 heavy (non-hydrogen) atoms. The first kappa shape index (κ1) is 13.6. The van der Waals surface area contributed by atoms with Gasteiger partial charge in [0.05, 0.1) is 6.42 Å². The van der Waals surface area contributed by atoms with Crippen LogP contribution in [0.4, 0.5) is 0 Å². The van der Waals surface area contributed by atoms with Crippen molar-refractivity contribution < 1.29 is 14.7 Å². The Bertz CT molecular complexity index is 420. The summed E-state index contributed by atoms with van der Waals surface area (Å²) in [6, 6.07) is 6.57. The molecular weight excluding hydrogens is 238 g/mol. The van der Waals surface area contributed by atoms with Crippen LogP contribution in [0.5, 0.6) is 0 Å². The maximum absolute atomic E-state index is 11.6. The molecule has 1 aromatic carbocycles. The summed E-state index contributed by atoms with van der Waals surface area (Å²) in [5.74, 6) is -1.30. The highest BCUT2D eigenvalue weighted by atomic mass is 32.1. The van der Waals surface area contributed by atoms with Crippen LogP contribution in [0.3, 0.4) is 0 Å². The van der Waals surface area contributed by atoms with Gasteiger partial charge in [-0.2, -0.15) is 12.6 Å². The van der Waals surface area contributed by atoms with Gasteiger partial charge in [-0.15, -0.1) is 0 Å². The van der Waals surface area contributed by atoms with Crippen LogP contribution >= 0.6 is 12.6 Å². The Morgan fingerprint density at radius 1 is 1.41 bits per heavy atom. The third-order valence-electron chi connectivity index (χ3n) is 2.43. The number of hydrogen-bond acceptors (Lipinski definition) is 3. The third kappa shape index (κ3) is 4.11. The van der Waals surface area contributed by atoms with Crippen LogP contribution in [0.15, 0.2) is 24.3 Å². The monoisotopic (exact) mass is 253 g/mol. The molecule has 1 aromatic rings. The minimum atomic E-state index is -1.07. The van der Waals surface area contributed by atoms with Crippen molar-refractivity contribution in [2.75, 3.05) is 5.75 Å². The smallest absolute Gasteiger partial charge is 0.327 e. The standard InChI is InChI=1S/C12H15NO3S/c1-8-4-2-3-5-9(8)6-11(14)13-10(7-17)12(15)16/h2-5,10,17H,6-7H2,1H3,(H,13,14)(H,15,16)/t10-/m0/s1. The van der Waals surface area contributed by atoms with E-state index in [1.165, 1.54) is 0 Å². The number of aryl methyl sites for hydroxylation is 1. The van der Waals surface area contributed by atoms with Crippen LogP contribution in [-0.4, -0.2) is 28.8 Å². The second-order valence-electron chi connectivity index (χ2n) is 3.74. The predicted molar refractivity (Wildman–Crippen MR) is 68.3 cm³/mol. The van der Waals surface area contributed by atoms with E-state index in [1.54, 1.807) is 0 Å². The van der Waals surface area contributed by atoms with Gasteiger partial charge in [-0.05, 0) is 18.1 Å². The SMILES string of the molecule is Cc1ccccc1CC(=O)N[C@@H](CS)C(=O)O. The number of aliphatic carboxylic acids is 1. The van der Waals surface area contributed by atoms with Gasteiger partial charge in [0.1, 0.15) is 6.04 Å². The molecule has 0 bridgehead atoms. The van der Waals surface area contributed by atoms with E-state index in [0.29, 0.717) is 0 Å². The van der Waals surface area contributed by atoms with Crippen molar-refractivity contribution in [3.05, 3.63) is 35.4 Å². The van der Waals surface area contributed by atoms with Gasteiger partial charge in [-0.1, -0.05) is 24.3 Å². The van der Waals surface area contributed by atoms with Crippen molar-refractivity contribution in [3.8, 4) is 0 Å². The normalized spacial score (nSPS) is 11.9. The molecule has 2 N–H and O–H groups in total. The zero-order chi connectivity index (χ0) is 12.8. The van der Waals surface area contributed by atoms with E-state index in [1.807, 2.05) is 31.2 Å². The highest BCUT2D eigenvalue weighted by Gasteiger charge is 2.18. The molecule has 0 saturated carbocycles. The molecule has 1 atom stereocenters. The molecule has 0 aliphatic carbocycles. The van der Waals surface area contributed by atoms with E-state index in [9.17, 15) is 9.59 Å². The van der Waals surface area contributed by atoms with E-state index in [2.05, 4.69) is 17.9 Å². The molecule has 0 heterocycles. The number of benzene rings is 1. The molecule has 0 aromatic heterocycles. The fraction of sp³-hybridized carbons (Fsp3) is 0.333. The number of amides is 1. The van der Waals surface area contributed by atoms with Gasteiger partial charge in [0, 0.05) is 5.75 Å². The van der Waals surface area contributed by atoms with Gasteiger partial charge in [0.15, 0.2) is 0 Å². The Balaban J connectivity index is 2.61. The Morgan fingerprint density at radius 3 is 2.59 bits per heavy atom. The Kier molecular flexibility index (Phi) is 5.03. The van der Waals surface area contributed by atoms with E-state index < -0.39 is 12.0 Å². The molecule has 0 fully saturated rings. The summed E-state index contributed by atoms with van der Waals surface area (Å²) in [4.78, 5) is 22.4. The lowest BCUT2D eigenvalue weighted by atomic mass is 10.1. The summed E-state index contributed by atoms with van der Waals surface area (Å²) in [7, 11) is 0. The van der Waals surface area contributed by atoms with Crippen molar-refractivity contribution in [1.29, 1.82) is 0 Å². The molecule has 1 amide bonds. The minimum Gasteiger partial charge on any atom is -0.480 e. The molecular formula is C12H15NO3S. The maximum atomic E-state index is 11.6. The van der Waals surface area contributed by atoms with E-state index >= 15 is 0 Å². The lowest BCUT2D eigenvalue weighted by Crippen LogP contribution is -2.42. The summed E-state index contributed by atoms with van der Waals surface area (Å²) >= 11 is 3.88. The first-order chi connectivity index (χ1) is 8.04. The summed E-state index contributed by atoms with van der Waals surface area (Å²) in [6.45, 7) is 1.91. The van der Waals surface area contributed by atoms with E-state index in [4.69, 9.17) is 5.11 Å². The Labute approximate surface area is 105 Å². The molecule has 0 spiro atoms. The lowest BCUT2D eigenvalue weighted by Gasteiger charge is -2.12. The quantitative estimate of drug-likeness (QED) is 0.687. The van der Waals surface area contributed by atoms with Gasteiger partial charge in [-0.25, -0.2) is 4.79 Å². The Morgan fingerprint density at radius 2 is 2.06 bits per heavy atom. The first-order valence-electron chi connectivity index (χ1n) is 5.22. The van der Waals surface area contributed by atoms with Crippen LogP contribution in [-0.2, 0) is 16.0 Å². The number of thiol groups is 1. The molecule has 0 unspecified atom stereocenters. The fourth-order valence-corrected chi connectivity index (χ4v) is 1.66. The molecule has 92 valence electrons. The van der Waals surface area contributed by atoms with Crippen LogP contribution in [0.2, 0.25) is 0 Å². The summed E-state index contributed by atoms with van der Waals surface area (Å²) in [5, 5.41) is 11.2. The second-order valence-corrected chi connectivity index (χ2v) is 4.11. The van der Waals surface area contributed by atoms with Crippen molar-refractivity contribution in [2.45, 2.75) is 19.4 Å². The van der Waals surface area contributed by atoms with Crippen molar-refractivity contribution in [3.63, 3.8) is 0 Å². The zero-order valence-corrected chi connectivity index (χ0v) is 10.4. The molecule has 0 aliphatic rings. The number of rotatable bonds is 5. The van der Waals surface area contributed by atoms with Crippen LogP contribution in [0.1, 0.15) is 11.1 Å². The third-order valence-corrected chi connectivity index (χ3v) is 2.79. The van der Waals surface area contributed by atoms with Crippen LogP contribution in [0, 0.1) is 6.92 Å². The van der Waals surface area contributed by atoms with Crippen molar-refractivity contribution in [2.24, 2.45) is 0 Å². The van der Waals surface area contributed by atoms with Gasteiger partial charge in [-0.3, -0.25) is 4.79 Å². The molecule has 0 radical (unpaired) electrons. The fourth-order valence-electron chi connectivity index (χ4n) is 1.41. The lowest BCUT2D eigenvalue weighted by molar-refractivity contribution is -0.141. The van der Waals surface area contributed by atoms with E-state index in [-0.39, 0.29) is 18.1 Å². The van der Waals surface area contributed by atoms with Crippen LogP contribution < -0.4 is 5.32 Å². The maximum Gasteiger partial charge on any atom is 0.327 e. The number of carboxylic acid groups (broad SMARTS) is 1. The zero-order valence-electron chi connectivity index (χ0n) is 9.51. The second kappa shape index (κ2) is 6.30. The predicted octanol–water partition coefficient (Wildman–Crippen LogP) is 1.04. The number of nitrogens with one attached hydrogen (secondary N) is 1. The van der Waals surface area contributed by atoms with Gasteiger partial charge >= 0.3 is 5.97 Å². The summed E-state index contributed by atoms with van der Waals surface area (Å²) in [5.41, 5.74) is 1.91. The van der Waals surface area contributed by atoms with E-state index in [0.717, 1.165) is 11.1 Å². The van der Waals surface area contributed by atoms with Crippen molar-refractivity contribution >= 4 is 24.5 Å².